The van der Waals surface area contributed by atoms with Crippen molar-refractivity contribution >= 4 is 16.5 Å². The summed E-state index contributed by atoms with van der Waals surface area (Å²) < 4.78 is 40.8. The first-order valence-electron chi connectivity index (χ1n) is 5.52. The van der Waals surface area contributed by atoms with Gasteiger partial charge in [-0.15, -0.1) is 0 Å². The number of rotatable bonds is 4. The van der Waals surface area contributed by atoms with E-state index in [0.29, 0.717) is 12.4 Å². The molecule has 0 bridgehead atoms. The van der Waals surface area contributed by atoms with Gasteiger partial charge in [-0.05, 0) is 19.1 Å². The Morgan fingerprint density at radius 1 is 1.37 bits per heavy atom. The Morgan fingerprint density at radius 2 is 2.00 bits per heavy atom. The minimum absolute atomic E-state index is 0.0486. The number of nitrogens with two attached hydrogens (primary N) is 1. The maximum atomic E-state index is 13.6. The van der Waals surface area contributed by atoms with E-state index in [4.69, 9.17) is 5.73 Å². The van der Waals surface area contributed by atoms with Gasteiger partial charge in [-0.2, -0.15) is 5.10 Å². The Kier molecular flexibility index (Phi) is 3.89. The first kappa shape index (κ1) is 13.6. The first-order chi connectivity index (χ1) is 9.02. The zero-order valence-corrected chi connectivity index (χ0v) is 11.0. The number of aryl methyl sites for hydroxylation is 1. The van der Waals surface area contributed by atoms with Gasteiger partial charge >= 0.3 is 0 Å². The molecule has 2 rings (SSSR count). The zero-order chi connectivity index (χ0) is 14.0. The highest BCUT2D eigenvalue weighted by Gasteiger charge is 2.19. The van der Waals surface area contributed by atoms with Gasteiger partial charge in [0.25, 0.3) is 0 Å². The van der Waals surface area contributed by atoms with Gasteiger partial charge in [0.05, 0.1) is 16.6 Å². The van der Waals surface area contributed by atoms with Crippen molar-refractivity contribution in [1.82, 2.24) is 14.8 Å². The molecule has 0 amide bonds. The molecule has 8 heteroatoms. The monoisotopic (exact) mass is 286 g/mol. The summed E-state index contributed by atoms with van der Waals surface area (Å²) in [6, 6.07) is 1.89. The number of hydrogen-bond donors (Lipinski definition) is 1. The molecule has 1 unspecified atom stereocenters. The fourth-order valence-corrected chi connectivity index (χ4v) is 2.81. The van der Waals surface area contributed by atoms with E-state index in [1.54, 1.807) is 0 Å². The van der Waals surface area contributed by atoms with Gasteiger partial charge in [-0.25, -0.2) is 18.4 Å². The van der Waals surface area contributed by atoms with Gasteiger partial charge in [-0.1, -0.05) is 0 Å². The first-order valence-corrected chi connectivity index (χ1v) is 6.84. The third-order valence-corrected chi connectivity index (χ3v) is 3.87. The van der Waals surface area contributed by atoms with E-state index in [1.165, 1.54) is 11.0 Å². The maximum Gasteiger partial charge on any atom is 0.144 e. The van der Waals surface area contributed by atoms with E-state index >= 15 is 0 Å². The molecule has 0 aliphatic heterocycles. The normalized spacial score (nSPS) is 12.6. The van der Waals surface area contributed by atoms with Gasteiger partial charge in [0.15, 0.2) is 0 Å². The smallest absolute Gasteiger partial charge is 0.144 e. The summed E-state index contributed by atoms with van der Waals surface area (Å²) >= 11 is 0. The second-order valence-corrected chi connectivity index (χ2v) is 5.18. The van der Waals surface area contributed by atoms with Gasteiger partial charge in [0, 0.05) is 12.2 Å². The van der Waals surface area contributed by atoms with E-state index in [0.717, 1.165) is 12.1 Å². The molecule has 102 valence electrons. The molecule has 1 aromatic carbocycles. The Morgan fingerprint density at radius 3 is 2.58 bits per heavy atom. The summed E-state index contributed by atoms with van der Waals surface area (Å²) in [6.07, 6.45) is 1.31. The van der Waals surface area contributed by atoms with Crippen LogP contribution in [0.3, 0.4) is 0 Å². The highest BCUT2D eigenvalue weighted by atomic mass is 32.2. The van der Waals surface area contributed by atoms with Crippen LogP contribution in [0.15, 0.2) is 23.4 Å². The Bertz CT molecular complexity index is 606. The number of nitrogens with zero attached hydrogens (tertiary/aromatic N) is 3. The SMILES string of the molecule is CCn1ncnc1CS(=O)c1c(F)cc(N)cc1F. The second kappa shape index (κ2) is 5.43. The minimum atomic E-state index is -1.88. The number of benzene rings is 1. The molecule has 1 heterocycles. The van der Waals surface area contributed by atoms with Gasteiger partial charge in [0.2, 0.25) is 0 Å². The zero-order valence-electron chi connectivity index (χ0n) is 10.1. The van der Waals surface area contributed by atoms with Crippen LogP contribution in [0.5, 0.6) is 0 Å². The summed E-state index contributed by atoms with van der Waals surface area (Å²) in [5.41, 5.74) is 5.26. The summed E-state index contributed by atoms with van der Waals surface area (Å²) in [6.45, 7) is 2.38. The van der Waals surface area contributed by atoms with Crippen LogP contribution in [0.25, 0.3) is 0 Å². The molecule has 1 atom stereocenters. The van der Waals surface area contributed by atoms with Crippen LogP contribution < -0.4 is 5.73 Å². The molecular formula is C11H12F2N4OS. The number of nitrogen functional groups attached to an aromatic ring is 1. The molecule has 0 fully saturated rings. The predicted octanol–water partition coefficient (Wildman–Crippen LogP) is 1.47. The van der Waals surface area contributed by atoms with Crippen molar-refractivity contribution in [2.45, 2.75) is 24.1 Å². The lowest BCUT2D eigenvalue weighted by atomic mass is 10.3. The van der Waals surface area contributed by atoms with E-state index in [1.807, 2.05) is 6.92 Å². The number of hydrogen-bond acceptors (Lipinski definition) is 4. The van der Waals surface area contributed by atoms with E-state index < -0.39 is 27.3 Å². The lowest BCUT2D eigenvalue weighted by Crippen LogP contribution is -2.09. The van der Waals surface area contributed by atoms with Gasteiger partial charge in [0.1, 0.15) is 28.7 Å². The van der Waals surface area contributed by atoms with E-state index in [2.05, 4.69) is 10.1 Å². The second-order valence-electron chi connectivity index (χ2n) is 3.80. The van der Waals surface area contributed by atoms with Gasteiger partial charge < -0.3 is 5.73 Å². The highest BCUT2D eigenvalue weighted by molar-refractivity contribution is 7.84. The van der Waals surface area contributed by atoms with Crippen LogP contribution in [-0.2, 0) is 23.1 Å². The molecule has 19 heavy (non-hydrogen) atoms. The molecule has 0 aliphatic rings. The standard InChI is InChI=1S/C11H12F2N4OS/c1-2-17-10(15-6-16-17)5-19(18)11-8(12)3-7(14)4-9(11)13/h3-4,6H,2,5,14H2,1H3. The molecule has 0 radical (unpaired) electrons. The Hall–Kier alpha value is -1.83. The molecule has 1 aromatic heterocycles. The van der Waals surface area contributed by atoms with Crippen molar-refractivity contribution < 1.29 is 13.0 Å². The number of anilines is 1. The maximum absolute atomic E-state index is 13.6. The number of aromatic nitrogens is 3. The Labute approximate surface area is 110 Å². The van der Waals surface area contributed by atoms with E-state index in [9.17, 15) is 13.0 Å². The average molecular weight is 286 g/mol. The molecule has 0 spiro atoms. The lowest BCUT2D eigenvalue weighted by Gasteiger charge is -2.06. The van der Waals surface area contributed by atoms with Crippen LogP contribution in [0.1, 0.15) is 12.7 Å². The molecule has 0 saturated heterocycles. The lowest BCUT2D eigenvalue weighted by molar-refractivity contribution is 0.535. The minimum Gasteiger partial charge on any atom is -0.399 e. The van der Waals surface area contributed by atoms with Crippen LogP contribution in [0.4, 0.5) is 14.5 Å². The largest absolute Gasteiger partial charge is 0.399 e. The molecule has 2 aromatic rings. The fourth-order valence-electron chi connectivity index (χ4n) is 1.65. The van der Waals surface area contributed by atoms with Crippen molar-refractivity contribution in [3.05, 3.63) is 35.9 Å². The van der Waals surface area contributed by atoms with Gasteiger partial charge in [-0.3, -0.25) is 4.21 Å². The Balaban J connectivity index is 2.31. The van der Waals surface area contributed by atoms with Crippen molar-refractivity contribution in [3.8, 4) is 0 Å². The van der Waals surface area contributed by atoms with Crippen LogP contribution in [0.2, 0.25) is 0 Å². The summed E-state index contributed by atoms with van der Waals surface area (Å²) in [5, 5.41) is 3.90. The third-order valence-electron chi connectivity index (χ3n) is 2.50. The molecule has 0 aliphatic carbocycles. The molecule has 5 nitrogen and oxygen atoms in total. The summed E-state index contributed by atoms with van der Waals surface area (Å²) in [4.78, 5) is 3.43. The molecule has 0 saturated carbocycles. The van der Waals surface area contributed by atoms with Crippen molar-refractivity contribution in [2.75, 3.05) is 5.73 Å². The highest BCUT2D eigenvalue weighted by Crippen LogP contribution is 2.22. The quantitative estimate of drug-likeness (QED) is 0.864. The predicted molar refractivity (Wildman–Crippen MR) is 66.6 cm³/mol. The van der Waals surface area contributed by atoms with Crippen LogP contribution in [-0.4, -0.2) is 19.0 Å². The fraction of sp³-hybridized carbons (Fsp3) is 0.273. The van der Waals surface area contributed by atoms with Crippen molar-refractivity contribution in [3.63, 3.8) is 0 Å². The third kappa shape index (κ3) is 2.78. The van der Waals surface area contributed by atoms with Crippen LogP contribution >= 0.6 is 0 Å². The molecule has 2 N–H and O–H groups in total. The van der Waals surface area contributed by atoms with Crippen molar-refractivity contribution in [1.29, 1.82) is 0 Å². The van der Waals surface area contributed by atoms with E-state index in [-0.39, 0.29) is 11.4 Å². The summed E-state index contributed by atoms with van der Waals surface area (Å²) in [5.74, 6) is -1.53. The topological polar surface area (TPSA) is 73.8 Å². The van der Waals surface area contributed by atoms with Crippen LogP contribution in [0, 0.1) is 11.6 Å². The van der Waals surface area contributed by atoms with Crippen molar-refractivity contribution in [2.24, 2.45) is 0 Å². The average Bonchev–Trinajstić information content (AvgIpc) is 2.74. The molecular weight excluding hydrogens is 274 g/mol. The summed E-state index contributed by atoms with van der Waals surface area (Å²) in [7, 11) is -1.88. The number of halogens is 2.